The Hall–Kier alpha value is -2.74. The zero-order chi connectivity index (χ0) is 19.6. The maximum Gasteiger partial charge on any atom is 0.255 e. The number of fused-ring (bicyclic) bond motifs is 1. The van der Waals surface area contributed by atoms with Crippen molar-refractivity contribution in [2.24, 2.45) is 0 Å². The number of ether oxygens (including phenoxy) is 2. The van der Waals surface area contributed by atoms with Crippen LogP contribution in [0.15, 0.2) is 36.8 Å². The molecule has 148 valence electrons. The van der Waals surface area contributed by atoms with Gasteiger partial charge in [0.2, 0.25) is 0 Å². The van der Waals surface area contributed by atoms with Crippen LogP contribution in [0.1, 0.15) is 18.4 Å². The normalized spacial score (nSPS) is 18.8. The molecule has 0 radical (unpaired) electrons. The Morgan fingerprint density at radius 3 is 2.75 bits per heavy atom. The highest BCUT2D eigenvalue weighted by molar-refractivity contribution is 5.86. The molecular weight excluding hydrogens is 363 g/mol. The number of methoxy groups -OCH3 is 1. The van der Waals surface area contributed by atoms with Crippen LogP contribution in [-0.2, 0) is 16.1 Å². The van der Waals surface area contributed by atoms with E-state index in [0.29, 0.717) is 51.4 Å². The predicted molar refractivity (Wildman–Crippen MR) is 101 cm³/mol. The molecule has 0 spiro atoms. The number of amides is 1. The zero-order valence-corrected chi connectivity index (χ0v) is 15.8. The lowest BCUT2D eigenvalue weighted by atomic mass is 9.89. The topological polar surface area (TPSA) is 67.8 Å². The molecule has 0 aliphatic carbocycles. The van der Waals surface area contributed by atoms with Gasteiger partial charge >= 0.3 is 0 Å². The third kappa shape index (κ3) is 3.52. The van der Waals surface area contributed by atoms with Crippen LogP contribution in [0.3, 0.4) is 0 Å². The number of nitrogens with zero attached hydrogens (tertiary/aromatic N) is 4. The minimum absolute atomic E-state index is 0.0259. The Balaban J connectivity index is 1.48. The molecule has 1 saturated heterocycles. The lowest BCUT2D eigenvalue weighted by Gasteiger charge is -2.42. The van der Waals surface area contributed by atoms with Gasteiger partial charge in [-0.15, -0.1) is 0 Å². The Kier molecular flexibility index (Phi) is 5.13. The number of anilines is 1. The summed E-state index contributed by atoms with van der Waals surface area (Å²) in [6.45, 7) is 2.62. The van der Waals surface area contributed by atoms with Crippen molar-refractivity contribution in [1.29, 1.82) is 0 Å². The van der Waals surface area contributed by atoms with Gasteiger partial charge in [-0.05, 0) is 18.2 Å². The van der Waals surface area contributed by atoms with Gasteiger partial charge in [0.15, 0.2) is 0 Å². The fourth-order valence-electron chi connectivity index (χ4n) is 3.84. The number of piperidine rings is 1. The number of halogens is 1. The summed E-state index contributed by atoms with van der Waals surface area (Å²) in [6, 6.07) is 4.88. The SMILES string of the molecule is COC1(C(=O)N2CCOc3ccncc3C2)CCN(c2ccc(F)cn2)CC1. The second-order valence-electron chi connectivity index (χ2n) is 7.08. The zero-order valence-electron chi connectivity index (χ0n) is 15.8. The molecule has 8 heteroatoms. The molecule has 2 aromatic rings. The molecule has 2 aliphatic heterocycles. The number of hydrogen-bond donors (Lipinski definition) is 0. The Morgan fingerprint density at radius 1 is 1.21 bits per heavy atom. The molecule has 0 aromatic carbocycles. The molecule has 1 amide bonds. The van der Waals surface area contributed by atoms with Crippen molar-refractivity contribution in [3.05, 3.63) is 48.2 Å². The van der Waals surface area contributed by atoms with Crippen LogP contribution in [0.4, 0.5) is 10.2 Å². The van der Waals surface area contributed by atoms with E-state index >= 15 is 0 Å². The van der Waals surface area contributed by atoms with Crippen LogP contribution in [0, 0.1) is 5.82 Å². The maximum atomic E-state index is 13.4. The molecule has 4 heterocycles. The highest BCUT2D eigenvalue weighted by Gasteiger charge is 2.44. The van der Waals surface area contributed by atoms with E-state index in [2.05, 4.69) is 14.9 Å². The van der Waals surface area contributed by atoms with E-state index in [9.17, 15) is 9.18 Å². The van der Waals surface area contributed by atoms with Crippen LogP contribution < -0.4 is 9.64 Å². The van der Waals surface area contributed by atoms with E-state index in [1.165, 1.54) is 12.3 Å². The minimum atomic E-state index is -0.872. The maximum absolute atomic E-state index is 13.4. The molecule has 2 aromatic heterocycles. The fourth-order valence-corrected chi connectivity index (χ4v) is 3.84. The van der Waals surface area contributed by atoms with Crippen LogP contribution in [0.5, 0.6) is 5.75 Å². The summed E-state index contributed by atoms with van der Waals surface area (Å²) in [5.41, 5.74) is 0.0241. The number of carbonyl (C=O) groups excluding carboxylic acids is 1. The summed E-state index contributed by atoms with van der Waals surface area (Å²) in [7, 11) is 1.59. The van der Waals surface area contributed by atoms with Gasteiger partial charge < -0.3 is 19.3 Å². The van der Waals surface area contributed by atoms with Gasteiger partial charge in [0.1, 0.15) is 29.6 Å². The molecule has 0 unspecified atom stereocenters. The quantitative estimate of drug-likeness (QED) is 0.804. The van der Waals surface area contributed by atoms with Gasteiger partial charge in [0.05, 0.1) is 19.3 Å². The minimum Gasteiger partial charge on any atom is -0.491 e. The number of hydrogen-bond acceptors (Lipinski definition) is 6. The van der Waals surface area contributed by atoms with Crippen molar-refractivity contribution >= 4 is 11.7 Å². The van der Waals surface area contributed by atoms with Crippen molar-refractivity contribution in [1.82, 2.24) is 14.9 Å². The van der Waals surface area contributed by atoms with E-state index in [-0.39, 0.29) is 11.7 Å². The third-order valence-corrected chi connectivity index (χ3v) is 5.51. The van der Waals surface area contributed by atoms with E-state index in [1.54, 1.807) is 30.5 Å². The van der Waals surface area contributed by atoms with Gasteiger partial charge in [-0.25, -0.2) is 9.37 Å². The molecule has 0 N–H and O–H groups in total. The molecule has 2 aliphatic rings. The molecule has 4 rings (SSSR count). The molecule has 28 heavy (non-hydrogen) atoms. The number of pyridine rings is 2. The first kappa shape index (κ1) is 18.6. The molecule has 7 nitrogen and oxygen atoms in total. The fraction of sp³-hybridized carbons (Fsp3) is 0.450. The van der Waals surface area contributed by atoms with E-state index in [0.717, 1.165) is 11.3 Å². The summed E-state index contributed by atoms with van der Waals surface area (Å²) < 4.78 is 24.6. The van der Waals surface area contributed by atoms with Gasteiger partial charge in [-0.2, -0.15) is 0 Å². The van der Waals surface area contributed by atoms with Gasteiger partial charge in [0.25, 0.3) is 5.91 Å². The van der Waals surface area contributed by atoms with E-state index in [1.807, 2.05) is 6.07 Å². The van der Waals surface area contributed by atoms with Crippen LogP contribution in [-0.4, -0.2) is 59.7 Å². The average Bonchev–Trinajstić information content (AvgIpc) is 2.96. The van der Waals surface area contributed by atoms with Gasteiger partial charge in [-0.3, -0.25) is 9.78 Å². The number of rotatable bonds is 3. The third-order valence-electron chi connectivity index (χ3n) is 5.51. The van der Waals surface area contributed by atoms with Gasteiger partial charge in [0, 0.05) is 51.0 Å². The monoisotopic (exact) mass is 386 g/mol. The summed E-state index contributed by atoms with van der Waals surface area (Å²) in [5, 5.41) is 0. The molecule has 0 saturated carbocycles. The van der Waals surface area contributed by atoms with Crippen LogP contribution >= 0.6 is 0 Å². The van der Waals surface area contributed by atoms with Crippen LogP contribution in [0.2, 0.25) is 0 Å². The van der Waals surface area contributed by atoms with E-state index in [4.69, 9.17) is 9.47 Å². The van der Waals surface area contributed by atoms with Crippen molar-refractivity contribution in [2.45, 2.75) is 25.0 Å². The van der Waals surface area contributed by atoms with Crippen molar-refractivity contribution in [3.8, 4) is 5.75 Å². The molecule has 0 atom stereocenters. The molecule has 1 fully saturated rings. The Labute approximate surface area is 163 Å². The van der Waals surface area contributed by atoms with E-state index < -0.39 is 5.60 Å². The van der Waals surface area contributed by atoms with Gasteiger partial charge in [-0.1, -0.05) is 0 Å². The lowest BCUT2D eigenvalue weighted by Crippen LogP contribution is -2.56. The highest BCUT2D eigenvalue weighted by atomic mass is 19.1. The standard InChI is InChI=1S/C20H23FN4O3/c1-27-20(5-8-24(9-6-20)18-3-2-16(21)13-23-18)19(26)25-10-11-28-17-4-7-22-12-15(17)14-25/h2-4,7,12-13H,5-6,8-11,14H2,1H3. The first-order valence-electron chi connectivity index (χ1n) is 9.38. The first-order chi connectivity index (χ1) is 13.6. The average molecular weight is 386 g/mol. The second-order valence-corrected chi connectivity index (χ2v) is 7.08. The largest absolute Gasteiger partial charge is 0.491 e. The van der Waals surface area contributed by atoms with Crippen molar-refractivity contribution < 1.29 is 18.7 Å². The van der Waals surface area contributed by atoms with Crippen molar-refractivity contribution in [3.63, 3.8) is 0 Å². The smallest absolute Gasteiger partial charge is 0.255 e. The summed E-state index contributed by atoms with van der Waals surface area (Å²) in [4.78, 5) is 25.5. The highest BCUT2D eigenvalue weighted by Crippen LogP contribution is 2.32. The summed E-state index contributed by atoms with van der Waals surface area (Å²) in [5.74, 6) is 1.10. The predicted octanol–water partition coefficient (Wildman–Crippen LogP) is 2.02. The first-order valence-corrected chi connectivity index (χ1v) is 9.38. The van der Waals surface area contributed by atoms with Crippen molar-refractivity contribution in [2.75, 3.05) is 38.3 Å². The molecule has 0 bridgehead atoms. The Bertz CT molecular complexity index is 838. The molecular formula is C20H23FN4O3. The summed E-state index contributed by atoms with van der Waals surface area (Å²) >= 11 is 0. The van der Waals surface area contributed by atoms with Crippen LogP contribution in [0.25, 0.3) is 0 Å². The summed E-state index contributed by atoms with van der Waals surface area (Å²) in [6.07, 6.45) is 5.72. The number of aromatic nitrogens is 2. The lowest BCUT2D eigenvalue weighted by molar-refractivity contribution is -0.158. The number of carbonyl (C=O) groups is 1. The Morgan fingerprint density at radius 2 is 2.04 bits per heavy atom. The second kappa shape index (κ2) is 7.71.